The van der Waals surface area contributed by atoms with E-state index in [4.69, 9.17) is 4.98 Å². The molecule has 4 N–H and O–H groups in total. The maximum absolute atomic E-state index is 14.3. The number of piperidine rings is 1. The van der Waals surface area contributed by atoms with Crippen molar-refractivity contribution in [2.75, 3.05) is 32.7 Å². The fraction of sp³-hybridized carbons (Fsp3) is 0.423. The van der Waals surface area contributed by atoms with Gasteiger partial charge in [0.25, 0.3) is 5.91 Å². The monoisotopic (exact) mass is 1030 g/mol. The van der Waals surface area contributed by atoms with Crippen molar-refractivity contribution in [2.45, 2.75) is 103 Å². The van der Waals surface area contributed by atoms with Gasteiger partial charge in [-0.2, -0.15) is 18.2 Å². The number of aliphatic hydroxyl groups is 1. The molecular formula is C52H58F3N9O6S2. The Hall–Kier alpha value is -6.35. The number of carbonyl (C=O) groups excluding carboxylic acids is 4. The number of aryl methyl sites for hydroxylation is 1. The van der Waals surface area contributed by atoms with Crippen LogP contribution in [0.25, 0.3) is 33.1 Å². The van der Waals surface area contributed by atoms with Gasteiger partial charge in [0.1, 0.15) is 17.1 Å². The quantitative estimate of drug-likeness (QED) is 0.0730. The molecule has 2 fully saturated rings. The molecule has 3 aromatic heterocycles. The zero-order chi connectivity index (χ0) is 51.4. The molecule has 20 heteroatoms. The highest BCUT2D eigenvalue weighted by Gasteiger charge is 2.45. The summed E-state index contributed by atoms with van der Waals surface area (Å²) < 4.78 is 43.9. The smallest absolute Gasteiger partial charge is 0.391 e. The fourth-order valence-electron chi connectivity index (χ4n) is 9.25. The Morgan fingerprint density at radius 2 is 1.64 bits per heavy atom. The molecule has 0 bridgehead atoms. The number of halogens is 3. The molecule has 380 valence electrons. The molecular weight excluding hydrogens is 968 g/mol. The molecule has 0 radical (unpaired) electrons. The summed E-state index contributed by atoms with van der Waals surface area (Å²) in [6.07, 6.45) is -3.70. The minimum atomic E-state index is -4.81. The third kappa shape index (κ3) is 12.1. The first-order valence-corrected chi connectivity index (χ1v) is 25.7. The maximum atomic E-state index is 14.3. The van der Waals surface area contributed by atoms with Crippen LogP contribution < -0.4 is 16.0 Å². The normalized spacial score (nSPS) is 18.1. The highest BCUT2D eigenvalue weighted by molar-refractivity contribution is 7.13. The number of carbonyl (C=O) groups is 4. The SMILES string of the molecule is Cc1ncsc1-c1ccc([C@H](C)NC(=O)[C@@H]2C[C@@H](O)CN2C(=O)[C@@H](NC(=O)CCCN2CCC(CNC(=O)c3cccc(-c4noc(C(F)(F)F)n4)c3)(c3nc(-c4ccccc4)cs3)CC2)C(C)(C)C)cc1. The topological polar surface area (TPSA) is 196 Å². The number of aliphatic hydroxyl groups excluding tert-OH is 1. The molecule has 72 heavy (non-hydrogen) atoms. The first kappa shape index (κ1) is 52.0. The highest BCUT2D eigenvalue weighted by atomic mass is 32.1. The summed E-state index contributed by atoms with van der Waals surface area (Å²) in [6, 6.07) is 21.5. The predicted octanol–water partition coefficient (Wildman–Crippen LogP) is 8.22. The standard InChI is InChI=1S/C52H58F3N9O6S2/c1-31(33-16-18-35(19-17-33)42-32(2)57-30-72-42)58-46(68)40-26-38(65)27-64(40)47(69)43(50(3,4)5)60-41(66)15-10-22-63-23-20-51(21-24-63,49-59-39(28-71-49)34-11-7-6-8-12-34)29-56-45(67)37-14-9-13-36(25-37)44-61-48(70-62-44)52(53,54)55/h6-9,11-14,16-19,25,28,30-31,38,40,43,65H,10,15,20-24,26-27,29H2,1-5H3,(H,56,67)(H,58,68)(H,60,66)/t31-,38+,40-,43+/m0/s1. The van der Waals surface area contributed by atoms with Crippen LogP contribution in [0.5, 0.6) is 0 Å². The Morgan fingerprint density at radius 3 is 2.31 bits per heavy atom. The van der Waals surface area contributed by atoms with Crippen LogP contribution in [-0.2, 0) is 26.0 Å². The Labute approximate surface area is 423 Å². The van der Waals surface area contributed by atoms with Crippen molar-refractivity contribution in [1.29, 1.82) is 0 Å². The molecule has 2 aliphatic heterocycles. The van der Waals surface area contributed by atoms with Crippen LogP contribution in [0.15, 0.2) is 94.3 Å². The lowest BCUT2D eigenvalue weighted by molar-refractivity contribution is -0.159. The van der Waals surface area contributed by atoms with Gasteiger partial charge < -0.3 is 35.4 Å². The molecule has 3 aromatic carbocycles. The fourth-order valence-corrected chi connectivity index (χ4v) is 11.1. The number of nitrogens with zero attached hydrogens (tertiary/aromatic N) is 6. The Balaban J connectivity index is 0.869. The number of nitrogens with one attached hydrogen (secondary N) is 3. The van der Waals surface area contributed by atoms with Crippen LogP contribution in [0.1, 0.15) is 98.4 Å². The van der Waals surface area contributed by atoms with E-state index in [0.717, 1.165) is 38.0 Å². The van der Waals surface area contributed by atoms with Crippen LogP contribution in [0.2, 0.25) is 0 Å². The molecule has 15 nitrogen and oxygen atoms in total. The highest BCUT2D eigenvalue weighted by Crippen LogP contribution is 2.39. The average Bonchev–Trinajstić information content (AvgIpc) is 4.21. The number of alkyl halides is 3. The second kappa shape index (κ2) is 21.8. The molecule has 0 unspecified atom stereocenters. The number of β-amino-alcohol motifs (C(OH)–C–C–N with tert-alkyl or cyclic N) is 1. The second-order valence-corrected chi connectivity index (χ2v) is 21.4. The first-order chi connectivity index (χ1) is 34.3. The van der Waals surface area contributed by atoms with Crippen LogP contribution in [0, 0.1) is 12.3 Å². The summed E-state index contributed by atoms with van der Waals surface area (Å²) >= 11 is 3.09. The van der Waals surface area contributed by atoms with Gasteiger partial charge >= 0.3 is 12.1 Å². The minimum absolute atomic E-state index is 0.0327. The molecule has 4 atom stereocenters. The summed E-state index contributed by atoms with van der Waals surface area (Å²) in [5.74, 6) is -3.31. The van der Waals surface area contributed by atoms with E-state index >= 15 is 0 Å². The number of thiazole rings is 2. The molecule has 2 saturated heterocycles. The van der Waals surface area contributed by atoms with E-state index in [-0.39, 0.29) is 60.7 Å². The molecule has 2 aliphatic rings. The Kier molecular flexibility index (Phi) is 15.7. The van der Waals surface area contributed by atoms with E-state index in [9.17, 15) is 37.5 Å². The first-order valence-electron chi connectivity index (χ1n) is 23.9. The van der Waals surface area contributed by atoms with Gasteiger partial charge in [-0.25, -0.2) is 9.97 Å². The summed E-state index contributed by atoms with van der Waals surface area (Å²) in [7, 11) is 0. The van der Waals surface area contributed by atoms with Crippen molar-refractivity contribution < 1.29 is 42.0 Å². The van der Waals surface area contributed by atoms with Crippen molar-refractivity contribution in [3.05, 3.63) is 117 Å². The average molecular weight is 1030 g/mol. The number of hydrogen-bond donors (Lipinski definition) is 4. The van der Waals surface area contributed by atoms with Crippen molar-refractivity contribution >= 4 is 46.3 Å². The third-order valence-electron chi connectivity index (χ3n) is 13.4. The van der Waals surface area contributed by atoms with E-state index in [0.29, 0.717) is 38.9 Å². The van der Waals surface area contributed by atoms with Crippen LogP contribution >= 0.6 is 22.7 Å². The van der Waals surface area contributed by atoms with Crippen LogP contribution in [-0.4, -0.2) is 110 Å². The number of aromatic nitrogens is 4. The number of likely N-dealkylation sites (tertiary alicyclic amines) is 2. The van der Waals surface area contributed by atoms with Gasteiger partial charge in [0.05, 0.1) is 33.9 Å². The lowest BCUT2D eigenvalue weighted by atomic mass is 9.78. The van der Waals surface area contributed by atoms with E-state index in [2.05, 4.69) is 40.5 Å². The second-order valence-electron chi connectivity index (χ2n) is 19.7. The summed E-state index contributed by atoms with van der Waals surface area (Å²) in [4.78, 5) is 73.0. The predicted molar refractivity (Wildman–Crippen MR) is 268 cm³/mol. The van der Waals surface area contributed by atoms with Gasteiger partial charge in [-0.15, -0.1) is 22.7 Å². The Morgan fingerprint density at radius 1 is 0.917 bits per heavy atom. The largest absolute Gasteiger partial charge is 0.471 e. The zero-order valence-corrected chi connectivity index (χ0v) is 42.3. The lowest BCUT2D eigenvalue weighted by Gasteiger charge is -2.41. The van der Waals surface area contributed by atoms with Crippen molar-refractivity contribution in [1.82, 2.24) is 45.9 Å². The van der Waals surface area contributed by atoms with E-state index in [1.807, 2.05) is 100 Å². The summed E-state index contributed by atoms with van der Waals surface area (Å²) in [5, 5.41) is 26.2. The lowest BCUT2D eigenvalue weighted by Crippen LogP contribution is -2.57. The zero-order valence-electron chi connectivity index (χ0n) is 40.7. The van der Waals surface area contributed by atoms with Crippen LogP contribution in [0.3, 0.4) is 0 Å². The number of hydrogen-bond acceptors (Lipinski definition) is 13. The molecule has 0 saturated carbocycles. The van der Waals surface area contributed by atoms with Gasteiger partial charge in [0, 0.05) is 53.4 Å². The van der Waals surface area contributed by atoms with Gasteiger partial charge in [0.15, 0.2) is 0 Å². The number of amides is 4. The Bertz CT molecular complexity index is 2860. The third-order valence-corrected chi connectivity index (χ3v) is 15.5. The van der Waals surface area contributed by atoms with Gasteiger partial charge in [0.2, 0.25) is 23.5 Å². The minimum Gasteiger partial charge on any atom is -0.391 e. The summed E-state index contributed by atoms with van der Waals surface area (Å²) in [6.45, 7) is 11.5. The van der Waals surface area contributed by atoms with Crippen molar-refractivity contribution in [2.24, 2.45) is 5.41 Å². The summed E-state index contributed by atoms with van der Waals surface area (Å²) in [5.41, 5.74) is 5.61. The van der Waals surface area contributed by atoms with Gasteiger partial charge in [-0.1, -0.05) is 92.7 Å². The van der Waals surface area contributed by atoms with Gasteiger partial charge in [-0.3, -0.25) is 19.2 Å². The van der Waals surface area contributed by atoms with Crippen molar-refractivity contribution in [3.8, 4) is 33.1 Å². The van der Waals surface area contributed by atoms with Crippen molar-refractivity contribution in [3.63, 3.8) is 0 Å². The molecule has 4 amide bonds. The molecule has 0 spiro atoms. The van der Waals surface area contributed by atoms with E-state index in [1.54, 1.807) is 23.5 Å². The van der Waals surface area contributed by atoms with Crippen LogP contribution in [0.4, 0.5) is 13.2 Å². The van der Waals surface area contributed by atoms with E-state index < -0.39 is 52.9 Å². The number of rotatable bonds is 16. The number of benzene rings is 3. The molecule has 0 aliphatic carbocycles. The molecule has 6 aromatic rings. The van der Waals surface area contributed by atoms with E-state index in [1.165, 1.54) is 28.4 Å². The van der Waals surface area contributed by atoms with Gasteiger partial charge in [-0.05, 0) is 81.4 Å². The maximum Gasteiger partial charge on any atom is 0.471 e. The molecule has 5 heterocycles. The molecule has 8 rings (SSSR count).